The molecule has 158 valence electrons. The van der Waals surface area contributed by atoms with Crippen LogP contribution in [0.2, 0.25) is 0 Å². The van der Waals surface area contributed by atoms with Gasteiger partial charge >= 0.3 is 0 Å². The Labute approximate surface area is 179 Å². The summed E-state index contributed by atoms with van der Waals surface area (Å²) in [5.41, 5.74) is 4.15. The predicted molar refractivity (Wildman–Crippen MR) is 121 cm³/mol. The highest BCUT2D eigenvalue weighted by molar-refractivity contribution is 6.08. The first kappa shape index (κ1) is 20.5. The molecule has 1 saturated heterocycles. The molecule has 5 nitrogen and oxygen atoms in total. The van der Waals surface area contributed by atoms with E-state index in [0.29, 0.717) is 17.0 Å². The van der Waals surface area contributed by atoms with Crippen LogP contribution in [0.1, 0.15) is 78.7 Å². The Morgan fingerprint density at radius 3 is 2.73 bits per heavy atom. The maximum absolute atomic E-state index is 13.1. The van der Waals surface area contributed by atoms with E-state index in [1.165, 1.54) is 5.56 Å². The molecule has 2 amide bonds. The van der Waals surface area contributed by atoms with Gasteiger partial charge in [-0.2, -0.15) is 0 Å². The minimum atomic E-state index is -0.148. The third-order valence-electron chi connectivity index (χ3n) is 6.29. The predicted octanol–water partition coefficient (Wildman–Crippen LogP) is 5.24. The van der Waals surface area contributed by atoms with Crippen LogP contribution < -0.4 is 10.2 Å². The molecular weight excluding hydrogens is 374 g/mol. The first-order valence-corrected chi connectivity index (χ1v) is 11.1. The second kappa shape index (κ2) is 8.50. The second-order valence-corrected chi connectivity index (χ2v) is 8.58. The molecule has 2 aliphatic rings. The first-order valence-electron chi connectivity index (χ1n) is 11.1. The zero-order chi connectivity index (χ0) is 21.3. The number of carbonyl (C=O) groups excluding carboxylic acids is 2. The molecule has 0 saturated carbocycles. The number of anilines is 2. The van der Waals surface area contributed by atoms with E-state index in [2.05, 4.69) is 37.1 Å². The normalized spacial score (nSPS) is 18.7. The van der Waals surface area contributed by atoms with Gasteiger partial charge in [-0.1, -0.05) is 32.4 Å². The summed E-state index contributed by atoms with van der Waals surface area (Å²) in [7, 11) is 0. The van der Waals surface area contributed by atoms with Gasteiger partial charge in [-0.15, -0.1) is 0 Å². The molecule has 2 aromatic carbocycles. The van der Waals surface area contributed by atoms with Gasteiger partial charge in [-0.3, -0.25) is 9.59 Å². The molecule has 0 bridgehead atoms. The average molecular weight is 406 g/mol. The Morgan fingerprint density at radius 1 is 1.13 bits per heavy atom. The number of fused-ring (bicyclic) bond motifs is 2. The van der Waals surface area contributed by atoms with Crippen molar-refractivity contribution in [1.82, 2.24) is 4.90 Å². The van der Waals surface area contributed by atoms with E-state index in [4.69, 9.17) is 0 Å². The first-order chi connectivity index (χ1) is 14.5. The summed E-state index contributed by atoms with van der Waals surface area (Å²) in [5.74, 6) is 0.348. The molecule has 0 radical (unpaired) electrons. The van der Waals surface area contributed by atoms with Gasteiger partial charge in [0.1, 0.15) is 6.17 Å². The molecule has 1 atom stereocenters. The lowest BCUT2D eigenvalue weighted by Gasteiger charge is -2.44. The van der Waals surface area contributed by atoms with Gasteiger partial charge in [0.15, 0.2) is 0 Å². The van der Waals surface area contributed by atoms with Crippen molar-refractivity contribution in [3.63, 3.8) is 0 Å². The van der Waals surface area contributed by atoms with Crippen LogP contribution in [-0.4, -0.2) is 36.0 Å². The fourth-order valence-electron chi connectivity index (χ4n) is 4.62. The summed E-state index contributed by atoms with van der Waals surface area (Å²) in [6.07, 6.45) is 4.44. The van der Waals surface area contributed by atoms with Gasteiger partial charge in [-0.05, 0) is 68.0 Å². The Kier molecular flexibility index (Phi) is 5.80. The topological polar surface area (TPSA) is 52.7 Å². The van der Waals surface area contributed by atoms with Crippen LogP contribution in [0.3, 0.4) is 0 Å². The standard InChI is InChI=1S/C25H31N3O2/c1-4-27-22-16-19(24(29)26-20-10-8-9-18(15-20)17(2)3)12-13-21(22)25(30)28-14-7-5-6-11-23(27)28/h8-10,12-13,15-17,23H,4-7,11,14H2,1-3H3,(H,26,29). The highest BCUT2D eigenvalue weighted by Crippen LogP contribution is 2.35. The van der Waals surface area contributed by atoms with Crippen LogP contribution >= 0.6 is 0 Å². The quantitative estimate of drug-likeness (QED) is 0.756. The molecule has 1 fully saturated rings. The van der Waals surface area contributed by atoms with Crippen LogP contribution in [0.4, 0.5) is 11.4 Å². The number of nitrogens with zero attached hydrogens (tertiary/aromatic N) is 2. The van der Waals surface area contributed by atoms with E-state index in [-0.39, 0.29) is 18.0 Å². The molecule has 0 spiro atoms. The summed E-state index contributed by atoms with van der Waals surface area (Å²) in [6.45, 7) is 8.01. The van der Waals surface area contributed by atoms with Crippen molar-refractivity contribution < 1.29 is 9.59 Å². The largest absolute Gasteiger partial charge is 0.351 e. The van der Waals surface area contributed by atoms with Crippen molar-refractivity contribution in [3.05, 3.63) is 59.2 Å². The fourth-order valence-corrected chi connectivity index (χ4v) is 4.62. The lowest BCUT2D eigenvalue weighted by Crippen LogP contribution is -2.55. The van der Waals surface area contributed by atoms with Crippen molar-refractivity contribution >= 4 is 23.2 Å². The molecule has 1 unspecified atom stereocenters. The van der Waals surface area contributed by atoms with Crippen LogP contribution in [-0.2, 0) is 0 Å². The summed E-state index contributed by atoms with van der Waals surface area (Å²) >= 11 is 0. The zero-order valence-electron chi connectivity index (χ0n) is 18.1. The zero-order valence-corrected chi connectivity index (χ0v) is 18.1. The molecule has 1 N–H and O–H groups in total. The highest BCUT2D eigenvalue weighted by Gasteiger charge is 2.37. The molecule has 0 aromatic heterocycles. The molecule has 30 heavy (non-hydrogen) atoms. The van der Waals surface area contributed by atoms with Gasteiger partial charge in [0.2, 0.25) is 0 Å². The Hall–Kier alpha value is -2.82. The lowest BCUT2D eigenvalue weighted by atomic mass is 10.0. The van der Waals surface area contributed by atoms with Crippen LogP contribution in [0.5, 0.6) is 0 Å². The SMILES string of the molecule is CCN1c2cc(C(=O)Nc3cccc(C(C)C)c3)ccc2C(=O)N2CCCCCC21. The number of hydrogen-bond donors (Lipinski definition) is 1. The molecule has 0 aliphatic carbocycles. The van der Waals surface area contributed by atoms with E-state index in [0.717, 1.165) is 50.1 Å². The van der Waals surface area contributed by atoms with E-state index in [1.54, 1.807) is 6.07 Å². The summed E-state index contributed by atoms with van der Waals surface area (Å²) in [6, 6.07) is 13.4. The molecule has 2 heterocycles. The Balaban J connectivity index is 1.63. The van der Waals surface area contributed by atoms with Crippen molar-refractivity contribution in [2.24, 2.45) is 0 Å². The number of hydrogen-bond acceptors (Lipinski definition) is 3. The maximum Gasteiger partial charge on any atom is 0.257 e. The maximum atomic E-state index is 13.1. The molecule has 2 aromatic rings. The Morgan fingerprint density at radius 2 is 1.97 bits per heavy atom. The number of rotatable bonds is 4. The molecule has 5 heteroatoms. The number of carbonyl (C=O) groups is 2. The molecular formula is C25H31N3O2. The smallest absolute Gasteiger partial charge is 0.257 e. The monoisotopic (exact) mass is 405 g/mol. The average Bonchev–Trinajstić information content (AvgIpc) is 3.00. The number of amides is 2. The van der Waals surface area contributed by atoms with Crippen LogP contribution in [0.15, 0.2) is 42.5 Å². The third-order valence-corrected chi connectivity index (χ3v) is 6.29. The summed E-state index contributed by atoms with van der Waals surface area (Å²) in [5, 5.41) is 3.02. The summed E-state index contributed by atoms with van der Waals surface area (Å²) in [4.78, 5) is 30.4. The van der Waals surface area contributed by atoms with Gasteiger partial charge in [0.25, 0.3) is 11.8 Å². The minimum absolute atomic E-state index is 0.0955. The highest BCUT2D eigenvalue weighted by atomic mass is 16.2. The Bertz CT molecular complexity index is 953. The van der Waals surface area contributed by atoms with E-state index in [1.807, 2.05) is 35.2 Å². The number of benzene rings is 2. The third kappa shape index (κ3) is 3.81. The van der Waals surface area contributed by atoms with Gasteiger partial charge in [0.05, 0.1) is 11.3 Å². The van der Waals surface area contributed by atoms with Gasteiger partial charge in [-0.25, -0.2) is 0 Å². The van der Waals surface area contributed by atoms with Crippen molar-refractivity contribution in [3.8, 4) is 0 Å². The number of nitrogens with one attached hydrogen (secondary N) is 1. The van der Waals surface area contributed by atoms with Crippen LogP contribution in [0.25, 0.3) is 0 Å². The lowest BCUT2D eigenvalue weighted by molar-refractivity contribution is 0.0656. The van der Waals surface area contributed by atoms with Gasteiger partial charge < -0.3 is 15.1 Å². The van der Waals surface area contributed by atoms with Crippen LogP contribution in [0, 0.1) is 0 Å². The van der Waals surface area contributed by atoms with Gasteiger partial charge in [0, 0.05) is 24.3 Å². The molecule has 2 aliphatic heterocycles. The van der Waals surface area contributed by atoms with E-state index >= 15 is 0 Å². The van der Waals surface area contributed by atoms with Crippen molar-refractivity contribution in [2.45, 2.75) is 58.5 Å². The van der Waals surface area contributed by atoms with E-state index in [9.17, 15) is 9.59 Å². The minimum Gasteiger partial charge on any atom is -0.351 e. The van der Waals surface area contributed by atoms with Crippen molar-refractivity contribution in [2.75, 3.05) is 23.3 Å². The fraction of sp³-hybridized carbons (Fsp3) is 0.440. The molecule has 4 rings (SSSR count). The van der Waals surface area contributed by atoms with E-state index < -0.39 is 0 Å². The summed E-state index contributed by atoms with van der Waals surface area (Å²) < 4.78 is 0. The second-order valence-electron chi connectivity index (χ2n) is 8.58. The van der Waals surface area contributed by atoms with Crippen molar-refractivity contribution in [1.29, 1.82) is 0 Å².